The van der Waals surface area contributed by atoms with Crippen LogP contribution >= 0.6 is 0 Å². The van der Waals surface area contributed by atoms with Crippen LogP contribution in [0.1, 0.15) is 12.0 Å². The Labute approximate surface area is 104 Å². The fourth-order valence-electron chi connectivity index (χ4n) is 1.64. The van der Waals surface area contributed by atoms with E-state index in [0.29, 0.717) is 6.42 Å². The zero-order chi connectivity index (χ0) is 13.0. The molecule has 0 radical (unpaired) electrons. The molecule has 1 heterocycles. The van der Waals surface area contributed by atoms with Crippen molar-refractivity contribution >= 4 is 17.8 Å². The standard InChI is InChI=1S/C12H13N3O3/c16-10(7-6-9-4-2-1-3-5-9)14-15-8-11(17)13-12(15)18/h1-5H,6-8H2,(H,14,16)(H,13,17,18). The molecule has 1 saturated heterocycles. The molecule has 94 valence electrons. The van der Waals surface area contributed by atoms with Gasteiger partial charge in [-0.05, 0) is 12.0 Å². The van der Waals surface area contributed by atoms with Gasteiger partial charge in [0.15, 0.2) is 0 Å². The second-order valence-electron chi connectivity index (χ2n) is 3.96. The highest BCUT2D eigenvalue weighted by molar-refractivity contribution is 6.02. The van der Waals surface area contributed by atoms with Gasteiger partial charge in [0.1, 0.15) is 6.54 Å². The van der Waals surface area contributed by atoms with E-state index in [9.17, 15) is 14.4 Å². The summed E-state index contributed by atoms with van der Waals surface area (Å²) in [5, 5.41) is 3.06. The maximum absolute atomic E-state index is 11.6. The summed E-state index contributed by atoms with van der Waals surface area (Å²) in [6.07, 6.45) is 0.859. The van der Waals surface area contributed by atoms with E-state index in [1.165, 1.54) is 0 Å². The Morgan fingerprint density at radius 2 is 2.00 bits per heavy atom. The number of hydrogen-bond acceptors (Lipinski definition) is 3. The van der Waals surface area contributed by atoms with Crippen LogP contribution in [0, 0.1) is 0 Å². The molecule has 1 aromatic carbocycles. The third-order valence-corrected chi connectivity index (χ3v) is 2.54. The number of carbonyl (C=O) groups excluding carboxylic acids is 3. The summed E-state index contributed by atoms with van der Waals surface area (Å²) in [5.74, 6) is -0.702. The van der Waals surface area contributed by atoms with Crippen molar-refractivity contribution in [2.24, 2.45) is 0 Å². The monoisotopic (exact) mass is 247 g/mol. The molecule has 1 aromatic rings. The first kappa shape index (κ1) is 12.1. The Balaban J connectivity index is 1.79. The number of carbonyl (C=O) groups is 3. The molecule has 1 aliphatic heterocycles. The summed E-state index contributed by atoms with van der Waals surface area (Å²) in [7, 11) is 0. The Morgan fingerprint density at radius 1 is 1.28 bits per heavy atom. The molecule has 4 amide bonds. The first-order valence-corrected chi connectivity index (χ1v) is 5.60. The van der Waals surface area contributed by atoms with Crippen LogP contribution in [0.5, 0.6) is 0 Å². The molecular weight excluding hydrogens is 234 g/mol. The highest BCUT2D eigenvalue weighted by atomic mass is 16.2. The zero-order valence-electron chi connectivity index (χ0n) is 9.68. The van der Waals surface area contributed by atoms with Crippen molar-refractivity contribution in [3.63, 3.8) is 0 Å². The third-order valence-electron chi connectivity index (χ3n) is 2.54. The summed E-state index contributed by atoms with van der Waals surface area (Å²) in [4.78, 5) is 33.7. The predicted octanol–water partition coefficient (Wildman–Crippen LogP) is 0.202. The molecule has 0 aromatic heterocycles. The van der Waals surface area contributed by atoms with Gasteiger partial charge in [-0.15, -0.1) is 0 Å². The van der Waals surface area contributed by atoms with Gasteiger partial charge in [-0.25, -0.2) is 9.80 Å². The fraction of sp³-hybridized carbons (Fsp3) is 0.250. The van der Waals surface area contributed by atoms with Crippen LogP contribution in [0.3, 0.4) is 0 Å². The normalized spacial score (nSPS) is 14.6. The molecule has 0 saturated carbocycles. The summed E-state index contributed by atoms with van der Waals surface area (Å²) in [6, 6.07) is 8.98. The predicted molar refractivity (Wildman–Crippen MR) is 63.2 cm³/mol. The lowest BCUT2D eigenvalue weighted by Crippen LogP contribution is -2.44. The molecule has 2 N–H and O–H groups in total. The van der Waals surface area contributed by atoms with Crippen molar-refractivity contribution in [2.75, 3.05) is 6.54 Å². The van der Waals surface area contributed by atoms with Crippen LogP contribution < -0.4 is 10.7 Å². The van der Waals surface area contributed by atoms with Crippen LogP contribution in [0.15, 0.2) is 30.3 Å². The molecule has 0 atom stereocenters. The maximum Gasteiger partial charge on any atom is 0.343 e. The van der Waals surface area contributed by atoms with Crippen molar-refractivity contribution in [1.29, 1.82) is 0 Å². The van der Waals surface area contributed by atoms with Crippen LogP contribution in [0.25, 0.3) is 0 Å². The Bertz CT molecular complexity index is 473. The van der Waals surface area contributed by atoms with E-state index in [0.717, 1.165) is 10.6 Å². The van der Waals surface area contributed by atoms with Crippen LogP contribution in [0.2, 0.25) is 0 Å². The minimum absolute atomic E-state index is 0.129. The van der Waals surface area contributed by atoms with Crippen molar-refractivity contribution in [3.8, 4) is 0 Å². The van der Waals surface area contributed by atoms with Gasteiger partial charge in [0.2, 0.25) is 11.8 Å². The van der Waals surface area contributed by atoms with Crippen molar-refractivity contribution in [3.05, 3.63) is 35.9 Å². The van der Waals surface area contributed by atoms with Gasteiger partial charge in [-0.1, -0.05) is 30.3 Å². The van der Waals surface area contributed by atoms with E-state index in [1.54, 1.807) is 0 Å². The minimum Gasteiger partial charge on any atom is -0.275 e. The summed E-state index contributed by atoms with van der Waals surface area (Å²) in [6.45, 7) is -0.129. The third kappa shape index (κ3) is 3.07. The van der Waals surface area contributed by atoms with Crippen LogP contribution in [-0.2, 0) is 16.0 Å². The average molecular weight is 247 g/mol. The lowest BCUT2D eigenvalue weighted by molar-refractivity contribution is -0.125. The lowest BCUT2D eigenvalue weighted by Gasteiger charge is -2.14. The van der Waals surface area contributed by atoms with Crippen LogP contribution in [-0.4, -0.2) is 29.4 Å². The highest BCUT2D eigenvalue weighted by Crippen LogP contribution is 2.02. The van der Waals surface area contributed by atoms with Gasteiger partial charge in [-0.2, -0.15) is 0 Å². The van der Waals surface area contributed by atoms with E-state index in [1.807, 2.05) is 30.3 Å². The molecule has 6 nitrogen and oxygen atoms in total. The SMILES string of the molecule is O=C1CN(NC(=O)CCc2ccccc2)C(=O)N1. The van der Waals surface area contributed by atoms with E-state index in [4.69, 9.17) is 0 Å². The Morgan fingerprint density at radius 3 is 2.61 bits per heavy atom. The van der Waals surface area contributed by atoms with E-state index < -0.39 is 11.9 Å². The largest absolute Gasteiger partial charge is 0.343 e. The van der Waals surface area contributed by atoms with Crippen molar-refractivity contribution in [1.82, 2.24) is 15.8 Å². The summed E-state index contributed by atoms with van der Waals surface area (Å²) < 4.78 is 0. The number of benzene rings is 1. The first-order chi connectivity index (χ1) is 8.65. The highest BCUT2D eigenvalue weighted by Gasteiger charge is 2.27. The topological polar surface area (TPSA) is 78.5 Å². The van der Waals surface area contributed by atoms with Gasteiger partial charge in [0.25, 0.3) is 0 Å². The van der Waals surface area contributed by atoms with Gasteiger partial charge < -0.3 is 0 Å². The van der Waals surface area contributed by atoms with Crippen LogP contribution in [0.4, 0.5) is 4.79 Å². The Hall–Kier alpha value is -2.37. The second-order valence-corrected chi connectivity index (χ2v) is 3.96. The van der Waals surface area contributed by atoms with Gasteiger partial charge in [0, 0.05) is 6.42 Å². The summed E-state index contributed by atoms with van der Waals surface area (Å²) in [5.41, 5.74) is 3.44. The summed E-state index contributed by atoms with van der Waals surface area (Å²) >= 11 is 0. The average Bonchev–Trinajstić information content (AvgIpc) is 2.67. The molecule has 18 heavy (non-hydrogen) atoms. The number of nitrogens with one attached hydrogen (secondary N) is 2. The lowest BCUT2D eigenvalue weighted by atomic mass is 10.1. The number of urea groups is 1. The molecule has 2 rings (SSSR count). The zero-order valence-corrected chi connectivity index (χ0v) is 9.68. The number of aryl methyl sites for hydroxylation is 1. The van der Waals surface area contributed by atoms with Crippen molar-refractivity contribution in [2.45, 2.75) is 12.8 Å². The molecule has 0 aliphatic carbocycles. The van der Waals surface area contributed by atoms with E-state index in [2.05, 4.69) is 10.7 Å². The first-order valence-electron chi connectivity index (χ1n) is 5.60. The smallest absolute Gasteiger partial charge is 0.275 e. The number of rotatable bonds is 4. The van der Waals surface area contributed by atoms with E-state index in [-0.39, 0.29) is 18.9 Å². The number of amides is 4. The number of nitrogens with zero attached hydrogens (tertiary/aromatic N) is 1. The number of imide groups is 1. The molecule has 1 aliphatic rings. The molecule has 0 spiro atoms. The number of hydrazine groups is 1. The van der Waals surface area contributed by atoms with Gasteiger partial charge >= 0.3 is 6.03 Å². The van der Waals surface area contributed by atoms with E-state index >= 15 is 0 Å². The quantitative estimate of drug-likeness (QED) is 0.746. The van der Waals surface area contributed by atoms with Gasteiger partial charge in [-0.3, -0.25) is 20.3 Å². The molecular formula is C12H13N3O3. The van der Waals surface area contributed by atoms with Gasteiger partial charge in [0.05, 0.1) is 0 Å². The van der Waals surface area contributed by atoms with Crippen molar-refractivity contribution < 1.29 is 14.4 Å². The second kappa shape index (κ2) is 5.31. The minimum atomic E-state index is -0.590. The number of hydrogen-bond donors (Lipinski definition) is 2. The maximum atomic E-state index is 11.6. The molecule has 1 fully saturated rings. The molecule has 6 heteroatoms. The fourth-order valence-corrected chi connectivity index (χ4v) is 1.64. The molecule has 0 bridgehead atoms. The Kier molecular flexibility index (Phi) is 3.57. The molecule has 0 unspecified atom stereocenters.